The van der Waals surface area contributed by atoms with Crippen LogP contribution in [0.5, 0.6) is 0 Å². The van der Waals surface area contributed by atoms with Crippen molar-refractivity contribution in [1.29, 1.82) is 10.8 Å². The first-order valence-electron chi connectivity index (χ1n) is 15.8. The Balaban J connectivity index is 0.000000314. The number of hydrogen-bond donors (Lipinski definition) is 2. The van der Waals surface area contributed by atoms with Crippen LogP contribution in [0.15, 0.2) is 192 Å². The normalized spacial score (nSPS) is 10.3. The smallest absolute Gasteiger partial charge is 0.436 e. The van der Waals surface area contributed by atoms with Crippen molar-refractivity contribution < 1.29 is 21.1 Å². The van der Waals surface area contributed by atoms with Crippen LogP contribution >= 0.6 is 46.4 Å². The Morgan fingerprint density at radius 3 is 0.830 bits per heavy atom. The molecule has 6 aromatic carbocycles. The van der Waals surface area contributed by atoms with Gasteiger partial charge in [0.25, 0.3) is 0 Å². The number of halogens is 4. The molecule has 0 saturated heterocycles. The van der Waals surface area contributed by atoms with Crippen LogP contribution in [0.4, 0.5) is 11.4 Å². The summed E-state index contributed by atoms with van der Waals surface area (Å²) in [4.78, 5) is 8.89. The van der Waals surface area contributed by atoms with Gasteiger partial charge in [-0.05, 0) is 45.3 Å². The van der Waals surface area contributed by atoms with Crippen molar-refractivity contribution in [2.24, 2.45) is 9.98 Å². The number of hydrogen-bond acceptors (Lipinski definition) is 2. The van der Waals surface area contributed by atoms with E-state index in [4.69, 9.17) is 57.2 Å². The fraction of sp³-hybridized carbons (Fsp3) is 0.0476. The number of rotatable bonds is 6. The van der Waals surface area contributed by atoms with E-state index in [1.165, 1.54) is 0 Å². The van der Waals surface area contributed by atoms with E-state index in [9.17, 15) is 0 Å². The molecule has 2 N–H and O–H groups in total. The summed E-state index contributed by atoms with van der Waals surface area (Å²) in [5.41, 5.74) is 4.94. The molecule has 0 amide bonds. The van der Waals surface area contributed by atoms with Crippen LogP contribution in [0.2, 0.25) is 0 Å². The van der Waals surface area contributed by atoms with Gasteiger partial charge in [-0.1, -0.05) is 182 Å². The predicted octanol–water partition coefficient (Wildman–Crippen LogP) is 13.2. The molecule has 0 aliphatic heterocycles. The summed E-state index contributed by atoms with van der Waals surface area (Å²) in [7, 11) is 0. The van der Waals surface area contributed by atoms with E-state index in [-0.39, 0.29) is 43.4 Å². The van der Waals surface area contributed by atoms with Crippen molar-refractivity contribution in [3.63, 3.8) is 0 Å². The van der Waals surface area contributed by atoms with E-state index in [0.29, 0.717) is 11.7 Å². The van der Waals surface area contributed by atoms with Crippen molar-refractivity contribution >= 4 is 81.1 Å². The monoisotopic (exact) mass is 959 g/mol. The van der Waals surface area contributed by atoms with Gasteiger partial charge >= 0.3 is 21.1 Å². The molecule has 0 aromatic heterocycles. The maximum absolute atomic E-state index is 8.23. The second kappa shape index (κ2) is 27.1. The summed E-state index contributed by atoms with van der Waals surface area (Å²) in [6, 6.07) is 57.7. The van der Waals surface area contributed by atoms with Crippen molar-refractivity contribution in [2.75, 3.05) is 10.7 Å². The van der Waals surface area contributed by atoms with Gasteiger partial charge < -0.3 is 31.4 Å². The third-order valence-electron chi connectivity index (χ3n) is 6.58. The predicted molar refractivity (Wildman–Crippen MR) is 225 cm³/mol. The molecule has 0 bridgehead atoms. The summed E-state index contributed by atoms with van der Waals surface area (Å²) < 4.78 is 0. The first-order chi connectivity index (χ1) is 25.5. The molecule has 0 unspecified atom stereocenters. The first-order valence-corrected chi connectivity index (χ1v) is 18.0. The molecule has 0 saturated carbocycles. The van der Waals surface area contributed by atoms with Crippen molar-refractivity contribution in [3.05, 3.63) is 215 Å². The number of para-hydroxylation sites is 2. The SMILES string of the molecule is ClCCl.ClCCl.N=C(N=C([N-]c1ccccc1)c1ccccc1)c1ccccc1.N=C(N=C([N-]c1ccccc1)c1ccccc1)c1ccccc1.[Pt+2]. The van der Waals surface area contributed by atoms with E-state index < -0.39 is 0 Å². The zero-order valence-electron chi connectivity index (χ0n) is 28.4. The van der Waals surface area contributed by atoms with Gasteiger partial charge in [-0.25, -0.2) is 0 Å². The Kier molecular flexibility index (Phi) is 22.8. The van der Waals surface area contributed by atoms with Crippen LogP contribution in [0.3, 0.4) is 0 Å². The molecule has 0 fully saturated rings. The van der Waals surface area contributed by atoms with E-state index >= 15 is 0 Å². The Labute approximate surface area is 346 Å². The molecule has 6 nitrogen and oxygen atoms in total. The van der Waals surface area contributed by atoms with Crippen LogP contribution in [0.25, 0.3) is 10.6 Å². The van der Waals surface area contributed by atoms with E-state index in [1.54, 1.807) is 0 Å². The summed E-state index contributed by atoms with van der Waals surface area (Å²) >= 11 is 19.1. The largest absolute Gasteiger partial charge is 2.00 e. The number of benzene rings is 6. The molecule has 0 spiro atoms. The fourth-order valence-corrected chi connectivity index (χ4v) is 4.27. The zero-order valence-corrected chi connectivity index (χ0v) is 33.6. The molecule has 0 atom stereocenters. The molecule has 0 aliphatic carbocycles. The molecule has 0 aliphatic rings. The summed E-state index contributed by atoms with van der Waals surface area (Å²) in [5, 5.41) is 26.1. The number of aliphatic imine (C=N–C) groups is 2. The van der Waals surface area contributed by atoms with Crippen molar-refractivity contribution in [2.45, 2.75) is 0 Å². The molecule has 11 heteroatoms. The third kappa shape index (κ3) is 17.2. The maximum atomic E-state index is 8.23. The average molecular weight is 962 g/mol. The second-order valence-corrected chi connectivity index (χ2v) is 11.7. The minimum Gasteiger partial charge on any atom is -0.436 e. The topological polar surface area (TPSA) is 101 Å². The van der Waals surface area contributed by atoms with Gasteiger partial charge in [-0.2, -0.15) is 0 Å². The Morgan fingerprint density at radius 1 is 0.377 bits per heavy atom. The van der Waals surface area contributed by atoms with Crippen LogP contribution < -0.4 is 0 Å². The van der Waals surface area contributed by atoms with Gasteiger partial charge in [-0.3, -0.25) is 0 Å². The molecule has 272 valence electrons. The molecule has 53 heavy (non-hydrogen) atoms. The number of alkyl halides is 4. The zero-order chi connectivity index (χ0) is 37.2. The minimum atomic E-state index is 0. The molecule has 0 radical (unpaired) electrons. The average Bonchev–Trinajstić information content (AvgIpc) is 3.20. The molecular formula is C42H36Cl4N6Pt. The molecule has 6 rings (SSSR count). The van der Waals surface area contributed by atoms with E-state index in [0.717, 1.165) is 33.6 Å². The first kappa shape index (κ1) is 44.6. The van der Waals surface area contributed by atoms with Crippen LogP contribution in [-0.2, 0) is 21.1 Å². The summed E-state index contributed by atoms with van der Waals surface area (Å²) in [6.45, 7) is 0. The van der Waals surface area contributed by atoms with Crippen molar-refractivity contribution in [3.8, 4) is 0 Å². The van der Waals surface area contributed by atoms with Crippen LogP contribution in [-0.4, -0.2) is 34.0 Å². The molecular weight excluding hydrogens is 925 g/mol. The quantitative estimate of drug-likeness (QED) is 0.0944. The Morgan fingerprint density at radius 2 is 0.585 bits per heavy atom. The van der Waals surface area contributed by atoms with E-state index in [1.807, 2.05) is 182 Å². The van der Waals surface area contributed by atoms with Gasteiger partial charge in [0, 0.05) is 11.7 Å². The van der Waals surface area contributed by atoms with Gasteiger partial charge in [0.05, 0.1) is 10.7 Å². The van der Waals surface area contributed by atoms with Gasteiger partial charge in [0.1, 0.15) is 0 Å². The fourth-order valence-electron chi connectivity index (χ4n) is 4.27. The Hall–Kier alpha value is -4.55. The van der Waals surface area contributed by atoms with Crippen molar-refractivity contribution in [1.82, 2.24) is 0 Å². The number of nitrogens with one attached hydrogen (secondary N) is 2. The molecule has 6 aromatic rings. The van der Waals surface area contributed by atoms with E-state index in [2.05, 4.69) is 20.6 Å². The second-order valence-electron chi connectivity index (χ2n) is 10.1. The number of nitrogens with zero attached hydrogens (tertiary/aromatic N) is 4. The molecule has 0 heterocycles. The van der Waals surface area contributed by atoms with Crippen LogP contribution in [0.1, 0.15) is 22.3 Å². The summed E-state index contributed by atoms with van der Waals surface area (Å²) in [6.07, 6.45) is 0. The van der Waals surface area contributed by atoms with Gasteiger partial charge in [0.15, 0.2) is 0 Å². The van der Waals surface area contributed by atoms with Gasteiger partial charge in [0.2, 0.25) is 0 Å². The maximum Gasteiger partial charge on any atom is 2.00 e. The van der Waals surface area contributed by atoms with Gasteiger partial charge in [-0.15, -0.1) is 46.4 Å². The number of amidine groups is 4. The van der Waals surface area contributed by atoms with Crippen LogP contribution in [0, 0.1) is 10.8 Å². The summed E-state index contributed by atoms with van der Waals surface area (Å²) in [5.74, 6) is 1.46. The Bertz CT molecular complexity index is 1790. The standard InChI is InChI=1S/2C20H16N3.2CH2Cl2.Pt/c2*21-19(16-10-4-1-5-11-16)23-20(17-12-6-2-7-13-17)22-18-14-8-3-9-15-18;2*2-1-3;/h2*1-15H,(H-,21,22,23);2*1H2;/q2*-1;;;+2. The third-order valence-corrected chi connectivity index (χ3v) is 6.58. The minimum absolute atomic E-state index is 0.